The van der Waals surface area contributed by atoms with Crippen molar-refractivity contribution in [1.82, 2.24) is 15.0 Å². The van der Waals surface area contributed by atoms with Crippen molar-refractivity contribution in [2.75, 3.05) is 6.67 Å². The van der Waals surface area contributed by atoms with E-state index < -0.39 is 0 Å². The van der Waals surface area contributed by atoms with Crippen LogP contribution in [0.15, 0.2) is 6.20 Å². The number of hydrogen-bond donors (Lipinski definition) is 0. The highest BCUT2D eigenvalue weighted by Crippen LogP contribution is 2.02. The zero-order chi connectivity index (χ0) is 10.2. The topological polar surface area (TPSA) is 30.7 Å². The van der Waals surface area contributed by atoms with Crippen LogP contribution in [0.25, 0.3) is 0 Å². The summed E-state index contributed by atoms with van der Waals surface area (Å²) in [5.74, 6) is 0. The fourth-order valence-corrected chi connectivity index (χ4v) is 1.36. The zero-order valence-corrected chi connectivity index (χ0v) is 8.75. The van der Waals surface area contributed by atoms with Crippen LogP contribution in [0.4, 0.5) is 4.39 Å². The molecule has 1 rings (SSSR count). The molecule has 0 bridgehead atoms. The molecule has 0 radical (unpaired) electrons. The third-order valence-corrected chi connectivity index (χ3v) is 2.18. The zero-order valence-electron chi connectivity index (χ0n) is 8.75. The Balaban J connectivity index is 2.22. The lowest BCUT2D eigenvalue weighted by atomic mass is 10.2. The van der Waals surface area contributed by atoms with E-state index in [1.54, 1.807) is 4.68 Å². The standard InChI is InChI=1S/C10H18FN3/c1-2-3-4-5-8-14-9-10(6-7-11)12-13-14/h9H,2-8H2,1H3. The molecule has 0 amide bonds. The molecule has 1 aromatic heterocycles. The summed E-state index contributed by atoms with van der Waals surface area (Å²) in [6.45, 7) is 2.74. The molecule has 0 aliphatic heterocycles. The second kappa shape index (κ2) is 6.51. The number of nitrogens with zero attached hydrogens (tertiary/aromatic N) is 3. The monoisotopic (exact) mass is 199 g/mol. The van der Waals surface area contributed by atoms with E-state index in [1.165, 1.54) is 19.3 Å². The third-order valence-electron chi connectivity index (χ3n) is 2.18. The molecule has 80 valence electrons. The van der Waals surface area contributed by atoms with Gasteiger partial charge in [0.2, 0.25) is 0 Å². The average molecular weight is 199 g/mol. The molecule has 0 saturated carbocycles. The normalized spacial score (nSPS) is 10.7. The lowest BCUT2D eigenvalue weighted by molar-refractivity contribution is 0.491. The third kappa shape index (κ3) is 3.85. The molecule has 1 heterocycles. The van der Waals surface area contributed by atoms with Gasteiger partial charge in [0.05, 0.1) is 12.4 Å². The van der Waals surface area contributed by atoms with E-state index in [0.717, 1.165) is 18.7 Å². The van der Waals surface area contributed by atoms with Crippen LogP contribution < -0.4 is 0 Å². The Morgan fingerprint density at radius 2 is 2.21 bits per heavy atom. The van der Waals surface area contributed by atoms with E-state index >= 15 is 0 Å². The summed E-state index contributed by atoms with van der Waals surface area (Å²) < 4.78 is 13.8. The van der Waals surface area contributed by atoms with Crippen molar-refractivity contribution in [2.45, 2.75) is 45.6 Å². The number of unbranched alkanes of at least 4 members (excludes halogenated alkanes) is 3. The summed E-state index contributed by atoms with van der Waals surface area (Å²) in [5.41, 5.74) is 0.753. The van der Waals surface area contributed by atoms with Crippen molar-refractivity contribution in [1.29, 1.82) is 0 Å². The molecule has 0 unspecified atom stereocenters. The minimum atomic E-state index is -0.353. The summed E-state index contributed by atoms with van der Waals surface area (Å²) >= 11 is 0. The highest BCUT2D eigenvalue weighted by molar-refractivity contribution is 4.91. The van der Waals surface area contributed by atoms with Crippen LogP contribution >= 0.6 is 0 Å². The van der Waals surface area contributed by atoms with E-state index in [2.05, 4.69) is 17.2 Å². The first-order valence-corrected chi connectivity index (χ1v) is 5.31. The van der Waals surface area contributed by atoms with Crippen molar-refractivity contribution in [2.24, 2.45) is 0 Å². The van der Waals surface area contributed by atoms with E-state index in [9.17, 15) is 4.39 Å². The summed E-state index contributed by atoms with van der Waals surface area (Å²) in [6, 6.07) is 0. The van der Waals surface area contributed by atoms with Gasteiger partial charge in [-0.2, -0.15) is 0 Å². The minimum Gasteiger partial charge on any atom is -0.252 e. The fourth-order valence-electron chi connectivity index (χ4n) is 1.36. The highest BCUT2D eigenvalue weighted by atomic mass is 19.1. The molecule has 0 aromatic carbocycles. The van der Waals surface area contributed by atoms with Crippen molar-refractivity contribution in [3.05, 3.63) is 11.9 Å². The number of hydrogen-bond acceptors (Lipinski definition) is 2. The van der Waals surface area contributed by atoms with E-state index in [0.29, 0.717) is 6.42 Å². The minimum absolute atomic E-state index is 0.353. The molecule has 0 spiro atoms. The molecule has 0 saturated heterocycles. The molecule has 0 fully saturated rings. The SMILES string of the molecule is CCCCCCn1cc(CCF)nn1. The number of aryl methyl sites for hydroxylation is 2. The van der Waals surface area contributed by atoms with Crippen LogP contribution in [0.5, 0.6) is 0 Å². The molecule has 1 aromatic rings. The Morgan fingerprint density at radius 1 is 1.36 bits per heavy atom. The molecule has 0 atom stereocenters. The maximum atomic E-state index is 12.0. The van der Waals surface area contributed by atoms with Crippen molar-refractivity contribution >= 4 is 0 Å². The van der Waals surface area contributed by atoms with Gasteiger partial charge in [-0.3, -0.25) is 9.07 Å². The van der Waals surface area contributed by atoms with Crippen LogP contribution in [0.2, 0.25) is 0 Å². The number of halogens is 1. The van der Waals surface area contributed by atoms with E-state index in [1.807, 2.05) is 6.20 Å². The van der Waals surface area contributed by atoms with Gasteiger partial charge in [-0.1, -0.05) is 31.4 Å². The van der Waals surface area contributed by atoms with Crippen molar-refractivity contribution < 1.29 is 4.39 Å². The van der Waals surface area contributed by atoms with Crippen molar-refractivity contribution in [3.63, 3.8) is 0 Å². The Kier molecular flexibility index (Phi) is 5.19. The lowest BCUT2D eigenvalue weighted by Crippen LogP contribution is -1.98. The first-order chi connectivity index (χ1) is 6.86. The van der Waals surface area contributed by atoms with Gasteiger partial charge in [-0.15, -0.1) is 5.10 Å². The van der Waals surface area contributed by atoms with Crippen LogP contribution in [0.3, 0.4) is 0 Å². The van der Waals surface area contributed by atoms with Crippen LogP contribution in [-0.2, 0) is 13.0 Å². The van der Waals surface area contributed by atoms with Gasteiger partial charge in [0.25, 0.3) is 0 Å². The smallest absolute Gasteiger partial charge is 0.0951 e. The number of rotatable bonds is 7. The molecule has 0 aliphatic carbocycles. The predicted molar refractivity (Wildman–Crippen MR) is 53.8 cm³/mol. The average Bonchev–Trinajstić information content (AvgIpc) is 2.61. The van der Waals surface area contributed by atoms with Gasteiger partial charge in [-0.05, 0) is 6.42 Å². The van der Waals surface area contributed by atoms with Gasteiger partial charge in [0.15, 0.2) is 0 Å². The van der Waals surface area contributed by atoms with E-state index in [-0.39, 0.29) is 6.67 Å². The molecule has 4 heteroatoms. The quantitative estimate of drug-likeness (QED) is 0.631. The van der Waals surface area contributed by atoms with Crippen LogP contribution in [-0.4, -0.2) is 21.7 Å². The molecule has 3 nitrogen and oxygen atoms in total. The van der Waals surface area contributed by atoms with Gasteiger partial charge < -0.3 is 0 Å². The maximum absolute atomic E-state index is 12.0. The first kappa shape index (κ1) is 11.1. The van der Waals surface area contributed by atoms with Gasteiger partial charge in [-0.25, -0.2) is 0 Å². The van der Waals surface area contributed by atoms with E-state index in [4.69, 9.17) is 0 Å². The predicted octanol–water partition coefficient (Wildman–Crippen LogP) is 2.37. The van der Waals surface area contributed by atoms with Crippen LogP contribution in [0.1, 0.15) is 38.3 Å². The number of aromatic nitrogens is 3. The Morgan fingerprint density at radius 3 is 2.93 bits per heavy atom. The van der Waals surface area contributed by atoms with Gasteiger partial charge in [0.1, 0.15) is 0 Å². The Bertz CT molecular complexity index is 247. The number of alkyl halides is 1. The largest absolute Gasteiger partial charge is 0.252 e. The second-order valence-corrected chi connectivity index (χ2v) is 3.47. The molecule has 0 aliphatic rings. The highest BCUT2D eigenvalue weighted by Gasteiger charge is 1.99. The van der Waals surface area contributed by atoms with Gasteiger partial charge >= 0.3 is 0 Å². The van der Waals surface area contributed by atoms with Gasteiger partial charge in [0, 0.05) is 19.2 Å². The lowest BCUT2D eigenvalue weighted by Gasteiger charge is -1.98. The fraction of sp³-hybridized carbons (Fsp3) is 0.800. The molecule has 14 heavy (non-hydrogen) atoms. The molecular formula is C10H18FN3. The van der Waals surface area contributed by atoms with Crippen LogP contribution in [0, 0.1) is 0 Å². The first-order valence-electron chi connectivity index (χ1n) is 5.31. The van der Waals surface area contributed by atoms with Crippen molar-refractivity contribution in [3.8, 4) is 0 Å². The second-order valence-electron chi connectivity index (χ2n) is 3.47. The summed E-state index contributed by atoms with van der Waals surface area (Å²) in [5, 5.41) is 7.81. The maximum Gasteiger partial charge on any atom is 0.0951 e. The molecule has 0 N–H and O–H groups in total. The molecular weight excluding hydrogens is 181 g/mol. The summed E-state index contributed by atoms with van der Waals surface area (Å²) in [4.78, 5) is 0. The summed E-state index contributed by atoms with van der Waals surface area (Å²) in [7, 11) is 0. The summed E-state index contributed by atoms with van der Waals surface area (Å²) in [6.07, 6.45) is 7.10. The Labute approximate surface area is 84.3 Å². The Hall–Kier alpha value is -0.930.